The SMILES string of the molecule is Cc1ccc(C)c(OCC(CCN)N(C)C)c1. The molecule has 17 heavy (non-hydrogen) atoms. The van der Waals surface area contributed by atoms with Gasteiger partial charge in [0.2, 0.25) is 0 Å². The minimum Gasteiger partial charge on any atom is -0.492 e. The van der Waals surface area contributed by atoms with Crippen LogP contribution in [0, 0.1) is 13.8 Å². The molecule has 3 heteroatoms. The zero-order valence-corrected chi connectivity index (χ0v) is 11.4. The van der Waals surface area contributed by atoms with E-state index in [4.69, 9.17) is 10.5 Å². The third-order valence-electron chi connectivity index (χ3n) is 3.01. The van der Waals surface area contributed by atoms with Gasteiger partial charge in [-0.15, -0.1) is 0 Å². The molecular weight excluding hydrogens is 212 g/mol. The van der Waals surface area contributed by atoms with E-state index in [2.05, 4.69) is 51.0 Å². The first-order valence-electron chi connectivity index (χ1n) is 6.11. The van der Waals surface area contributed by atoms with Crippen molar-refractivity contribution in [2.24, 2.45) is 5.73 Å². The van der Waals surface area contributed by atoms with Crippen molar-refractivity contribution in [3.05, 3.63) is 29.3 Å². The molecule has 2 N–H and O–H groups in total. The molecule has 0 fully saturated rings. The number of nitrogens with zero attached hydrogens (tertiary/aromatic N) is 1. The molecule has 0 amide bonds. The summed E-state index contributed by atoms with van der Waals surface area (Å²) in [5.41, 5.74) is 8.02. The highest BCUT2D eigenvalue weighted by atomic mass is 16.5. The predicted molar refractivity (Wildman–Crippen MR) is 72.6 cm³/mol. The van der Waals surface area contributed by atoms with Crippen molar-refractivity contribution in [1.82, 2.24) is 4.90 Å². The molecular formula is C14H24N2O. The van der Waals surface area contributed by atoms with Gasteiger partial charge in [0, 0.05) is 6.04 Å². The molecule has 96 valence electrons. The Morgan fingerprint density at radius 3 is 2.59 bits per heavy atom. The maximum atomic E-state index is 5.90. The van der Waals surface area contributed by atoms with Crippen LogP contribution in [0.3, 0.4) is 0 Å². The van der Waals surface area contributed by atoms with Crippen molar-refractivity contribution in [2.75, 3.05) is 27.2 Å². The van der Waals surface area contributed by atoms with Crippen molar-refractivity contribution in [1.29, 1.82) is 0 Å². The Labute approximate surface area is 105 Å². The zero-order valence-electron chi connectivity index (χ0n) is 11.4. The molecule has 0 aliphatic rings. The van der Waals surface area contributed by atoms with Crippen LogP contribution >= 0.6 is 0 Å². The molecule has 1 aromatic carbocycles. The van der Waals surface area contributed by atoms with Gasteiger partial charge in [0.15, 0.2) is 0 Å². The van der Waals surface area contributed by atoms with Gasteiger partial charge in [-0.25, -0.2) is 0 Å². The van der Waals surface area contributed by atoms with Crippen molar-refractivity contribution >= 4 is 0 Å². The minimum atomic E-state index is 0.375. The van der Waals surface area contributed by atoms with Crippen LogP contribution in [-0.2, 0) is 0 Å². The van der Waals surface area contributed by atoms with Gasteiger partial charge in [0.25, 0.3) is 0 Å². The summed E-state index contributed by atoms with van der Waals surface area (Å²) in [6, 6.07) is 6.66. The lowest BCUT2D eigenvalue weighted by Crippen LogP contribution is -2.35. The molecule has 0 saturated heterocycles. The standard InChI is InChI=1S/C14H24N2O/c1-11-5-6-12(2)14(9-11)17-10-13(7-8-15)16(3)4/h5-6,9,13H,7-8,10,15H2,1-4H3. The summed E-state index contributed by atoms with van der Waals surface area (Å²) in [6.07, 6.45) is 0.956. The Kier molecular flexibility index (Phi) is 5.45. The fourth-order valence-electron chi connectivity index (χ4n) is 1.73. The van der Waals surface area contributed by atoms with Gasteiger partial charge in [-0.3, -0.25) is 0 Å². The maximum Gasteiger partial charge on any atom is 0.122 e. The Hall–Kier alpha value is -1.06. The molecule has 0 aliphatic heterocycles. The summed E-state index contributed by atoms with van der Waals surface area (Å²) in [6.45, 7) is 5.53. The van der Waals surface area contributed by atoms with Crippen molar-refractivity contribution in [2.45, 2.75) is 26.3 Å². The molecule has 1 atom stereocenters. The summed E-state index contributed by atoms with van der Waals surface area (Å²) in [4.78, 5) is 2.16. The van der Waals surface area contributed by atoms with E-state index in [1.54, 1.807) is 0 Å². The summed E-state index contributed by atoms with van der Waals surface area (Å²) in [5, 5.41) is 0. The summed E-state index contributed by atoms with van der Waals surface area (Å²) >= 11 is 0. The molecule has 0 radical (unpaired) electrons. The molecule has 0 heterocycles. The molecule has 1 rings (SSSR count). The Morgan fingerprint density at radius 1 is 1.29 bits per heavy atom. The number of benzene rings is 1. The number of ether oxygens (including phenoxy) is 1. The van der Waals surface area contributed by atoms with Crippen molar-refractivity contribution < 1.29 is 4.74 Å². The molecule has 3 nitrogen and oxygen atoms in total. The number of aryl methyl sites for hydroxylation is 2. The van der Waals surface area contributed by atoms with E-state index in [-0.39, 0.29) is 0 Å². The first kappa shape index (κ1) is 14.0. The van der Waals surface area contributed by atoms with Gasteiger partial charge in [-0.1, -0.05) is 12.1 Å². The lowest BCUT2D eigenvalue weighted by atomic mass is 10.1. The highest BCUT2D eigenvalue weighted by molar-refractivity contribution is 5.35. The average Bonchev–Trinajstić information content (AvgIpc) is 2.28. The van der Waals surface area contributed by atoms with Crippen LogP contribution in [0.2, 0.25) is 0 Å². The quantitative estimate of drug-likeness (QED) is 0.820. The van der Waals surface area contributed by atoms with Gasteiger partial charge in [0.1, 0.15) is 12.4 Å². The maximum absolute atomic E-state index is 5.90. The van der Waals surface area contributed by atoms with E-state index in [9.17, 15) is 0 Å². The second-order valence-corrected chi connectivity index (χ2v) is 4.77. The second kappa shape index (κ2) is 6.62. The number of hydrogen-bond donors (Lipinski definition) is 1. The highest BCUT2D eigenvalue weighted by Gasteiger charge is 2.11. The van der Waals surface area contributed by atoms with E-state index in [1.165, 1.54) is 11.1 Å². The topological polar surface area (TPSA) is 38.5 Å². The van der Waals surface area contributed by atoms with Gasteiger partial charge in [0.05, 0.1) is 0 Å². The smallest absolute Gasteiger partial charge is 0.122 e. The lowest BCUT2D eigenvalue weighted by Gasteiger charge is -2.24. The number of hydrogen-bond acceptors (Lipinski definition) is 3. The van der Waals surface area contributed by atoms with Crippen LogP contribution in [0.5, 0.6) is 5.75 Å². The Balaban J connectivity index is 2.61. The lowest BCUT2D eigenvalue weighted by molar-refractivity contribution is 0.178. The van der Waals surface area contributed by atoms with Gasteiger partial charge >= 0.3 is 0 Å². The number of likely N-dealkylation sites (N-methyl/N-ethyl adjacent to an activating group) is 1. The van der Waals surface area contributed by atoms with Crippen LogP contribution in [0.15, 0.2) is 18.2 Å². The summed E-state index contributed by atoms with van der Waals surface area (Å²) in [5.74, 6) is 0.980. The second-order valence-electron chi connectivity index (χ2n) is 4.77. The van der Waals surface area contributed by atoms with E-state index in [0.717, 1.165) is 12.2 Å². The van der Waals surface area contributed by atoms with Crippen LogP contribution in [0.1, 0.15) is 17.5 Å². The number of rotatable bonds is 6. The van der Waals surface area contributed by atoms with Crippen LogP contribution in [0.25, 0.3) is 0 Å². The average molecular weight is 236 g/mol. The molecule has 0 saturated carbocycles. The Morgan fingerprint density at radius 2 is 2.00 bits per heavy atom. The molecule has 0 aromatic heterocycles. The normalized spacial score (nSPS) is 12.8. The van der Waals surface area contributed by atoms with E-state index >= 15 is 0 Å². The minimum absolute atomic E-state index is 0.375. The molecule has 0 spiro atoms. The van der Waals surface area contributed by atoms with E-state index in [1.807, 2.05) is 0 Å². The summed E-state index contributed by atoms with van der Waals surface area (Å²) in [7, 11) is 4.12. The molecule has 0 aliphatic carbocycles. The molecule has 0 bridgehead atoms. The predicted octanol–water partition coefficient (Wildman–Crippen LogP) is 1.96. The monoisotopic (exact) mass is 236 g/mol. The van der Waals surface area contributed by atoms with Gasteiger partial charge in [-0.05, 0) is 58.1 Å². The van der Waals surface area contributed by atoms with Crippen molar-refractivity contribution in [3.8, 4) is 5.75 Å². The third kappa shape index (κ3) is 4.36. The first-order valence-corrected chi connectivity index (χ1v) is 6.11. The van der Waals surface area contributed by atoms with Crippen molar-refractivity contribution in [3.63, 3.8) is 0 Å². The van der Waals surface area contributed by atoms with Crippen LogP contribution < -0.4 is 10.5 Å². The molecule has 1 aromatic rings. The van der Waals surface area contributed by atoms with Gasteiger partial charge in [-0.2, -0.15) is 0 Å². The fourth-order valence-corrected chi connectivity index (χ4v) is 1.73. The highest BCUT2D eigenvalue weighted by Crippen LogP contribution is 2.19. The zero-order chi connectivity index (χ0) is 12.8. The van der Waals surface area contributed by atoms with E-state index < -0.39 is 0 Å². The summed E-state index contributed by atoms with van der Waals surface area (Å²) < 4.78 is 5.90. The Bertz CT molecular complexity index is 350. The van der Waals surface area contributed by atoms with Crippen LogP contribution in [-0.4, -0.2) is 38.2 Å². The third-order valence-corrected chi connectivity index (χ3v) is 3.01. The molecule has 1 unspecified atom stereocenters. The van der Waals surface area contributed by atoms with E-state index in [0.29, 0.717) is 19.2 Å². The first-order chi connectivity index (χ1) is 8.04. The largest absolute Gasteiger partial charge is 0.492 e. The number of nitrogens with two attached hydrogens (primary N) is 1. The fraction of sp³-hybridized carbons (Fsp3) is 0.571. The van der Waals surface area contributed by atoms with Crippen LogP contribution in [0.4, 0.5) is 0 Å². The van der Waals surface area contributed by atoms with Gasteiger partial charge < -0.3 is 15.4 Å².